The van der Waals surface area contributed by atoms with Crippen LogP contribution in [0.2, 0.25) is 0 Å². The third-order valence-electron chi connectivity index (χ3n) is 3.44. The summed E-state index contributed by atoms with van der Waals surface area (Å²) in [6.07, 6.45) is 0. The van der Waals surface area contributed by atoms with Gasteiger partial charge in [-0.1, -0.05) is 30.3 Å². The second-order valence-corrected chi connectivity index (χ2v) is 4.90. The predicted molar refractivity (Wildman–Crippen MR) is 81.7 cm³/mol. The van der Waals surface area contributed by atoms with Crippen molar-refractivity contribution in [3.63, 3.8) is 0 Å². The first-order chi connectivity index (χ1) is 10.0. The van der Waals surface area contributed by atoms with Crippen LogP contribution < -0.4 is 5.43 Å². The van der Waals surface area contributed by atoms with E-state index < -0.39 is 5.97 Å². The Morgan fingerprint density at radius 3 is 2.48 bits per heavy atom. The van der Waals surface area contributed by atoms with E-state index >= 15 is 0 Å². The van der Waals surface area contributed by atoms with E-state index in [2.05, 4.69) is 0 Å². The van der Waals surface area contributed by atoms with E-state index in [1.807, 2.05) is 41.8 Å². The van der Waals surface area contributed by atoms with Crippen molar-refractivity contribution in [2.45, 2.75) is 27.3 Å². The van der Waals surface area contributed by atoms with Crippen LogP contribution in [0.15, 0.2) is 41.2 Å². The van der Waals surface area contributed by atoms with E-state index in [-0.39, 0.29) is 17.6 Å². The van der Waals surface area contributed by atoms with E-state index in [0.717, 1.165) is 11.3 Å². The molecule has 0 aliphatic heterocycles. The van der Waals surface area contributed by atoms with Crippen LogP contribution >= 0.6 is 0 Å². The quantitative estimate of drug-likeness (QED) is 0.811. The zero-order valence-corrected chi connectivity index (χ0v) is 12.6. The number of ether oxygens (including phenoxy) is 1. The summed E-state index contributed by atoms with van der Waals surface area (Å²) in [7, 11) is 0. The van der Waals surface area contributed by atoms with Crippen LogP contribution in [0.1, 0.15) is 34.2 Å². The molecular formula is C17H19NO3. The summed E-state index contributed by atoms with van der Waals surface area (Å²) in [5.74, 6) is -0.554. The Kier molecular flexibility index (Phi) is 4.58. The van der Waals surface area contributed by atoms with E-state index in [4.69, 9.17) is 4.74 Å². The van der Waals surface area contributed by atoms with Gasteiger partial charge in [0.05, 0.1) is 6.61 Å². The van der Waals surface area contributed by atoms with Gasteiger partial charge in [0.25, 0.3) is 0 Å². The van der Waals surface area contributed by atoms with Crippen LogP contribution in [-0.4, -0.2) is 17.1 Å². The minimum Gasteiger partial charge on any atom is -0.462 e. The largest absolute Gasteiger partial charge is 0.462 e. The molecule has 0 bridgehead atoms. The van der Waals surface area contributed by atoms with Gasteiger partial charge in [0, 0.05) is 24.0 Å². The second kappa shape index (κ2) is 6.39. The Hall–Kier alpha value is -2.36. The number of nitrogens with zero attached hydrogens (tertiary/aromatic N) is 1. The standard InChI is InChI=1S/C17H19NO3/c1-4-21-17(20)16-13(3)18(12(2)10-15(16)19)11-14-8-6-5-7-9-14/h5-10H,4,11H2,1-3H3. The van der Waals surface area contributed by atoms with Crippen LogP contribution in [0.4, 0.5) is 0 Å². The number of pyridine rings is 1. The molecule has 110 valence electrons. The van der Waals surface area contributed by atoms with Gasteiger partial charge >= 0.3 is 5.97 Å². The van der Waals surface area contributed by atoms with Gasteiger partial charge in [-0.15, -0.1) is 0 Å². The Morgan fingerprint density at radius 2 is 1.86 bits per heavy atom. The Labute approximate surface area is 124 Å². The van der Waals surface area contributed by atoms with E-state index in [1.165, 1.54) is 6.07 Å². The average molecular weight is 285 g/mol. The molecule has 0 spiro atoms. The molecule has 0 saturated heterocycles. The van der Waals surface area contributed by atoms with Gasteiger partial charge in [-0.2, -0.15) is 0 Å². The fourth-order valence-electron chi connectivity index (χ4n) is 2.38. The molecule has 1 aromatic carbocycles. The summed E-state index contributed by atoms with van der Waals surface area (Å²) in [4.78, 5) is 24.0. The van der Waals surface area contributed by atoms with E-state index in [1.54, 1.807) is 13.8 Å². The molecule has 1 aromatic heterocycles. The third-order valence-corrected chi connectivity index (χ3v) is 3.44. The number of aromatic nitrogens is 1. The summed E-state index contributed by atoms with van der Waals surface area (Å²) < 4.78 is 6.94. The molecule has 0 unspecified atom stereocenters. The predicted octanol–water partition coefficient (Wildman–Crippen LogP) is 2.69. The smallest absolute Gasteiger partial charge is 0.343 e. The zero-order chi connectivity index (χ0) is 15.4. The summed E-state index contributed by atoms with van der Waals surface area (Å²) in [5.41, 5.74) is 2.42. The van der Waals surface area contributed by atoms with E-state index in [0.29, 0.717) is 12.2 Å². The maximum absolute atomic E-state index is 12.1. The van der Waals surface area contributed by atoms with Crippen molar-refractivity contribution >= 4 is 5.97 Å². The fourth-order valence-corrected chi connectivity index (χ4v) is 2.38. The lowest BCUT2D eigenvalue weighted by atomic mass is 10.1. The summed E-state index contributed by atoms with van der Waals surface area (Å²) in [6.45, 7) is 6.25. The lowest BCUT2D eigenvalue weighted by Crippen LogP contribution is -2.24. The van der Waals surface area contributed by atoms with Crippen molar-refractivity contribution in [3.05, 3.63) is 69.1 Å². The van der Waals surface area contributed by atoms with Crippen LogP contribution in [0.5, 0.6) is 0 Å². The number of aryl methyl sites for hydroxylation is 1. The highest BCUT2D eigenvalue weighted by Gasteiger charge is 2.18. The molecule has 4 nitrogen and oxygen atoms in total. The summed E-state index contributed by atoms with van der Waals surface area (Å²) >= 11 is 0. The Morgan fingerprint density at radius 1 is 1.19 bits per heavy atom. The lowest BCUT2D eigenvalue weighted by molar-refractivity contribution is 0.0522. The van der Waals surface area contributed by atoms with Crippen molar-refractivity contribution in [3.8, 4) is 0 Å². The summed E-state index contributed by atoms with van der Waals surface area (Å²) in [5, 5.41) is 0. The van der Waals surface area contributed by atoms with Crippen LogP contribution in [0, 0.1) is 13.8 Å². The van der Waals surface area contributed by atoms with Gasteiger partial charge in [-0.25, -0.2) is 4.79 Å². The fraction of sp³-hybridized carbons (Fsp3) is 0.294. The highest BCUT2D eigenvalue weighted by atomic mass is 16.5. The van der Waals surface area contributed by atoms with Crippen molar-refractivity contribution < 1.29 is 9.53 Å². The highest BCUT2D eigenvalue weighted by molar-refractivity contribution is 5.90. The molecule has 4 heteroatoms. The molecule has 0 N–H and O–H groups in total. The first-order valence-corrected chi connectivity index (χ1v) is 6.96. The van der Waals surface area contributed by atoms with Crippen molar-refractivity contribution in [2.75, 3.05) is 6.61 Å². The molecule has 2 aromatic rings. The van der Waals surface area contributed by atoms with Crippen LogP contribution in [0.25, 0.3) is 0 Å². The molecule has 0 aliphatic carbocycles. The van der Waals surface area contributed by atoms with Gasteiger partial charge in [0.2, 0.25) is 0 Å². The van der Waals surface area contributed by atoms with Crippen molar-refractivity contribution in [2.24, 2.45) is 0 Å². The van der Waals surface area contributed by atoms with Gasteiger partial charge in [0.1, 0.15) is 5.56 Å². The van der Waals surface area contributed by atoms with Crippen LogP contribution in [0.3, 0.4) is 0 Å². The highest BCUT2D eigenvalue weighted by Crippen LogP contribution is 2.12. The lowest BCUT2D eigenvalue weighted by Gasteiger charge is -2.17. The van der Waals surface area contributed by atoms with Crippen molar-refractivity contribution in [1.29, 1.82) is 0 Å². The van der Waals surface area contributed by atoms with Crippen molar-refractivity contribution in [1.82, 2.24) is 4.57 Å². The molecule has 2 rings (SSSR count). The maximum Gasteiger partial charge on any atom is 0.343 e. The number of hydrogen-bond donors (Lipinski definition) is 0. The van der Waals surface area contributed by atoms with E-state index in [9.17, 15) is 9.59 Å². The Bertz CT molecular complexity index is 702. The molecule has 0 aliphatic rings. The maximum atomic E-state index is 12.1. The summed E-state index contributed by atoms with van der Waals surface area (Å²) in [6, 6.07) is 11.4. The molecule has 21 heavy (non-hydrogen) atoms. The first kappa shape index (κ1) is 15.0. The number of benzene rings is 1. The minimum absolute atomic E-state index is 0.124. The van der Waals surface area contributed by atoms with Gasteiger partial charge in [0.15, 0.2) is 5.43 Å². The minimum atomic E-state index is -0.554. The molecule has 1 heterocycles. The number of carbonyl (C=O) groups excluding carboxylic acids is 1. The Balaban J connectivity index is 2.49. The molecule has 0 radical (unpaired) electrons. The van der Waals surface area contributed by atoms with Gasteiger partial charge < -0.3 is 9.30 Å². The number of hydrogen-bond acceptors (Lipinski definition) is 3. The number of esters is 1. The number of rotatable bonds is 4. The third kappa shape index (κ3) is 3.21. The first-order valence-electron chi connectivity index (χ1n) is 6.96. The molecular weight excluding hydrogens is 266 g/mol. The molecule has 0 amide bonds. The molecule has 0 atom stereocenters. The van der Waals surface area contributed by atoms with Crippen LogP contribution in [-0.2, 0) is 11.3 Å². The van der Waals surface area contributed by atoms with Gasteiger partial charge in [-0.3, -0.25) is 4.79 Å². The molecule has 0 fully saturated rings. The normalized spacial score (nSPS) is 10.4. The zero-order valence-electron chi connectivity index (χ0n) is 12.6. The topological polar surface area (TPSA) is 48.3 Å². The SMILES string of the molecule is CCOC(=O)c1c(C)n(Cc2ccccc2)c(C)cc1=O. The molecule has 0 saturated carbocycles. The van der Waals surface area contributed by atoms with Gasteiger partial charge in [-0.05, 0) is 26.3 Å². The average Bonchev–Trinajstić information content (AvgIpc) is 2.44. The monoisotopic (exact) mass is 285 g/mol. The second-order valence-electron chi connectivity index (χ2n) is 4.90. The number of carbonyl (C=O) groups is 1.